The maximum atomic E-state index is 13.4. The van der Waals surface area contributed by atoms with E-state index < -0.39 is 16.1 Å². The molecule has 0 bridgehead atoms. The van der Waals surface area contributed by atoms with Gasteiger partial charge >= 0.3 is 0 Å². The zero-order valence-corrected chi connectivity index (χ0v) is 30.9. The molecule has 51 heavy (non-hydrogen) atoms. The molecule has 4 heterocycles. The Hall–Kier alpha value is -3.87. The van der Waals surface area contributed by atoms with Crippen molar-refractivity contribution in [3.05, 3.63) is 89.0 Å². The first kappa shape index (κ1) is 35.5. The Morgan fingerprint density at radius 1 is 0.863 bits per heavy atom. The third-order valence-corrected chi connectivity index (χ3v) is 13.6. The van der Waals surface area contributed by atoms with Crippen molar-refractivity contribution in [3.8, 4) is 0 Å². The first-order chi connectivity index (χ1) is 24.5. The highest BCUT2D eigenvalue weighted by atomic mass is 32.2. The zero-order valence-electron chi connectivity index (χ0n) is 30.1. The summed E-state index contributed by atoms with van der Waals surface area (Å²) in [4.78, 5) is 44.0. The molecule has 272 valence electrons. The Labute approximate surface area is 302 Å². The maximum Gasteiger partial charge on any atom is 0.257 e. The highest BCUT2D eigenvalue weighted by molar-refractivity contribution is 7.90. The standard InChI is InChI=1S/C39H51N7O4S/c1-28-36(29(2)41-27-40-28)38(48)43-23-18-39(3,19-24-43)45-21-15-33(16-22-45)46(26-30-7-5-4-6-8-30)32-11-9-31(10-12-32)25-44-20-17-35(37(44)47)42-51(49,50)34-13-14-34/h4-12,27,33-35,42H,13-26H2,1-3H3/t35-/m0/s1. The minimum Gasteiger partial charge on any atom is -0.364 e. The first-order valence-corrected chi connectivity index (χ1v) is 20.1. The molecule has 7 rings (SSSR count). The van der Waals surface area contributed by atoms with Gasteiger partial charge in [-0.05, 0) is 89.0 Å². The molecule has 1 N–H and O–H groups in total. The smallest absolute Gasteiger partial charge is 0.257 e. The second-order valence-corrected chi connectivity index (χ2v) is 17.2. The summed E-state index contributed by atoms with van der Waals surface area (Å²) in [6, 6.07) is 18.9. The van der Waals surface area contributed by atoms with Crippen LogP contribution in [0, 0.1) is 13.8 Å². The number of aromatic nitrogens is 2. The van der Waals surface area contributed by atoms with Crippen molar-refractivity contribution in [2.75, 3.05) is 37.6 Å². The van der Waals surface area contributed by atoms with Crippen LogP contribution in [0.2, 0.25) is 0 Å². The fourth-order valence-corrected chi connectivity index (χ4v) is 9.75. The van der Waals surface area contributed by atoms with Gasteiger partial charge in [-0.15, -0.1) is 0 Å². The molecule has 4 fully saturated rings. The average Bonchev–Trinajstić information content (AvgIpc) is 3.95. The number of anilines is 1. The molecular weight excluding hydrogens is 663 g/mol. The molecule has 11 nitrogen and oxygen atoms in total. The average molecular weight is 714 g/mol. The number of likely N-dealkylation sites (tertiary alicyclic amines) is 3. The van der Waals surface area contributed by atoms with E-state index in [0.29, 0.717) is 44.0 Å². The van der Waals surface area contributed by atoms with E-state index in [1.54, 1.807) is 4.90 Å². The van der Waals surface area contributed by atoms with Crippen molar-refractivity contribution >= 4 is 27.5 Å². The van der Waals surface area contributed by atoms with E-state index in [0.717, 1.165) is 81.0 Å². The lowest BCUT2D eigenvalue weighted by molar-refractivity contribution is -0.129. The number of nitrogens with zero attached hydrogens (tertiary/aromatic N) is 6. The quantitative estimate of drug-likeness (QED) is 0.310. The zero-order chi connectivity index (χ0) is 35.8. The normalized spacial score (nSPS) is 21.6. The van der Waals surface area contributed by atoms with E-state index in [2.05, 4.69) is 86.0 Å². The fourth-order valence-electron chi connectivity index (χ4n) is 8.19. The van der Waals surface area contributed by atoms with E-state index in [1.807, 2.05) is 18.7 Å². The molecule has 3 aliphatic heterocycles. The predicted octanol–water partition coefficient (Wildman–Crippen LogP) is 4.44. The first-order valence-electron chi connectivity index (χ1n) is 18.5. The molecular formula is C39H51N7O4S. The summed E-state index contributed by atoms with van der Waals surface area (Å²) in [5.41, 5.74) is 5.64. The van der Waals surface area contributed by atoms with Crippen molar-refractivity contribution in [2.24, 2.45) is 0 Å². The van der Waals surface area contributed by atoms with Crippen LogP contribution in [0.25, 0.3) is 0 Å². The van der Waals surface area contributed by atoms with Crippen LogP contribution >= 0.6 is 0 Å². The van der Waals surface area contributed by atoms with E-state index in [1.165, 1.54) is 11.9 Å². The molecule has 1 aliphatic carbocycles. The summed E-state index contributed by atoms with van der Waals surface area (Å²) in [6.07, 6.45) is 7.37. The lowest BCUT2D eigenvalue weighted by Crippen LogP contribution is -2.58. The fraction of sp³-hybridized carbons (Fsp3) is 0.538. The summed E-state index contributed by atoms with van der Waals surface area (Å²) >= 11 is 0. The molecule has 12 heteroatoms. The van der Waals surface area contributed by atoms with Gasteiger partial charge < -0.3 is 14.7 Å². The minimum atomic E-state index is -3.41. The van der Waals surface area contributed by atoms with Crippen LogP contribution in [-0.2, 0) is 27.9 Å². The summed E-state index contributed by atoms with van der Waals surface area (Å²) in [7, 11) is -3.41. The number of rotatable bonds is 11. The number of piperidine rings is 2. The van der Waals surface area contributed by atoms with Crippen molar-refractivity contribution < 1.29 is 18.0 Å². The summed E-state index contributed by atoms with van der Waals surface area (Å²) < 4.78 is 27.5. The SMILES string of the molecule is Cc1ncnc(C)c1C(=O)N1CCC(C)(N2CCC(N(Cc3ccccc3)c3ccc(CN4CC[C@H](NS(=O)(=O)C5CC5)C4=O)cc3)CC2)CC1. The van der Waals surface area contributed by atoms with Gasteiger partial charge in [0.15, 0.2) is 0 Å². The summed E-state index contributed by atoms with van der Waals surface area (Å²) in [5.74, 6) is -0.0933. The van der Waals surface area contributed by atoms with Gasteiger partial charge in [0, 0.05) is 63.1 Å². The highest BCUT2D eigenvalue weighted by Crippen LogP contribution is 2.35. The van der Waals surface area contributed by atoms with Crippen LogP contribution in [-0.4, -0.2) is 100 Å². The van der Waals surface area contributed by atoms with Crippen LogP contribution in [0.3, 0.4) is 0 Å². The number of benzene rings is 2. The Kier molecular flexibility index (Phi) is 10.2. The van der Waals surface area contributed by atoms with Gasteiger partial charge in [0.05, 0.1) is 22.2 Å². The number of carbonyl (C=O) groups is 2. The molecule has 1 saturated carbocycles. The van der Waals surface area contributed by atoms with E-state index in [4.69, 9.17) is 0 Å². The Balaban J connectivity index is 0.975. The van der Waals surface area contributed by atoms with Crippen molar-refractivity contribution in [1.29, 1.82) is 0 Å². The number of carbonyl (C=O) groups excluding carboxylic acids is 2. The summed E-state index contributed by atoms with van der Waals surface area (Å²) in [6.45, 7) is 11.4. The topological polar surface area (TPSA) is 119 Å². The van der Waals surface area contributed by atoms with Crippen LogP contribution in [0.4, 0.5) is 5.69 Å². The molecule has 3 saturated heterocycles. The lowest BCUT2D eigenvalue weighted by atomic mass is 9.85. The molecule has 0 spiro atoms. The number of aryl methyl sites for hydroxylation is 2. The minimum absolute atomic E-state index is 0.0430. The number of nitrogens with one attached hydrogen (secondary N) is 1. The second-order valence-electron chi connectivity index (χ2n) is 15.2. The molecule has 2 amide bonds. The Morgan fingerprint density at radius 2 is 1.51 bits per heavy atom. The molecule has 2 aromatic carbocycles. The molecule has 4 aliphatic rings. The van der Waals surface area contributed by atoms with Crippen LogP contribution < -0.4 is 9.62 Å². The van der Waals surface area contributed by atoms with Gasteiger partial charge in [-0.1, -0.05) is 42.5 Å². The Morgan fingerprint density at radius 3 is 2.14 bits per heavy atom. The molecule has 0 radical (unpaired) electrons. The van der Waals surface area contributed by atoms with Crippen LogP contribution in [0.1, 0.15) is 84.7 Å². The molecule has 1 aromatic heterocycles. The van der Waals surface area contributed by atoms with E-state index >= 15 is 0 Å². The lowest BCUT2D eigenvalue weighted by Gasteiger charge is -2.50. The van der Waals surface area contributed by atoms with Crippen molar-refractivity contribution in [2.45, 2.75) is 102 Å². The molecule has 0 unspecified atom stereocenters. The van der Waals surface area contributed by atoms with E-state index in [-0.39, 0.29) is 22.6 Å². The second kappa shape index (κ2) is 14.6. The van der Waals surface area contributed by atoms with Crippen molar-refractivity contribution in [3.63, 3.8) is 0 Å². The van der Waals surface area contributed by atoms with Gasteiger partial charge in [0.25, 0.3) is 5.91 Å². The van der Waals surface area contributed by atoms with Gasteiger partial charge in [0.2, 0.25) is 15.9 Å². The van der Waals surface area contributed by atoms with Gasteiger partial charge in [0.1, 0.15) is 12.4 Å². The van der Waals surface area contributed by atoms with Gasteiger partial charge in [-0.25, -0.2) is 23.1 Å². The molecule has 1 atom stereocenters. The largest absolute Gasteiger partial charge is 0.364 e. The third kappa shape index (κ3) is 7.83. The number of hydrogen-bond acceptors (Lipinski definition) is 8. The van der Waals surface area contributed by atoms with E-state index in [9.17, 15) is 18.0 Å². The van der Waals surface area contributed by atoms with Crippen LogP contribution in [0.15, 0.2) is 60.9 Å². The Bertz CT molecular complexity index is 1800. The van der Waals surface area contributed by atoms with Gasteiger partial charge in [-0.3, -0.25) is 14.5 Å². The number of hydrogen-bond donors (Lipinski definition) is 1. The maximum absolute atomic E-state index is 13.4. The third-order valence-electron chi connectivity index (χ3n) is 11.6. The summed E-state index contributed by atoms with van der Waals surface area (Å²) in [5, 5.41) is -0.332. The van der Waals surface area contributed by atoms with Crippen LogP contribution in [0.5, 0.6) is 0 Å². The van der Waals surface area contributed by atoms with Crippen molar-refractivity contribution in [1.82, 2.24) is 29.4 Å². The number of sulfonamides is 1. The highest BCUT2D eigenvalue weighted by Gasteiger charge is 2.42. The molecule has 3 aromatic rings. The predicted molar refractivity (Wildman–Crippen MR) is 198 cm³/mol. The monoisotopic (exact) mass is 713 g/mol. The van der Waals surface area contributed by atoms with Gasteiger partial charge in [-0.2, -0.15) is 0 Å². The number of amides is 2.